The lowest BCUT2D eigenvalue weighted by Gasteiger charge is -2.13. The molecule has 0 saturated heterocycles. The number of hydrogen-bond donors (Lipinski definition) is 3. The van der Waals surface area contributed by atoms with Gasteiger partial charge in [0.15, 0.2) is 24.8 Å². The molecule has 1 atom stereocenters. The number of carbonyl (C=O) groups is 2. The van der Waals surface area contributed by atoms with Gasteiger partial charge in [-0.2, -0.15) is 13.2 Å². The van der Waals surface area contributed by atoms with Crippen LogP contribution in [0.5, 0.6) is 11.5 Å². The second-order valence-corrected chi connectivity index (χ2v) is 6.63. The Balaban J connectivity index is 1.58. The van der Waals surface area contributed by atoms with Crippen LogP contribution in [-0.2, 0) is 15.8 Å². The van der Waals surface area contributed by atoms with E-state index >= 15 is 0 Å². The van der Waals surface area contributed by atoms with Crippen molar-refractivity contribution in [3.8, 4) is 11.5 Å². The molecule has 2 amide bonds. The smallest absolute Gasteiger partial charge is 0.433 e. The summed E-state index contributed by atoms with van der Waals surface area (Å²) in [5.41, 5.74) is -1.09. The zero-order valence-corrected chi connectivity index (χ0v) is 17.0. The van der Waals surface area contributed by atoms with E-state index < -0.39 is 54.6 Å². The van der Waals surface area contributed by atoms with Crippen molar-refractivity contribution in [3.05, 3.63) is 53.9 Å². The number of aromatic nitrogens is 1. The van der Waals surface area contributed by atoms with Gasteiger partial charge in [0.2, 0.25) is 0 Å². The number of aliphatic hydroxyl groups excluding tert-OH is 1. The summed E-state index contributed by atoms with van der Waals surface area (Å²) < 4.78 is 73.2. The van der Waals surface area contributed by atoms with Crippen LogP contribution in [0, 0.1) is 11.6 Å². The minimum atomic E-state index is -4.58. The van der Waals surface area contributed by atoms with Crippen LogP contribution in [0.1, 0.15) is 12.1 Å². The average molecular weight is 477 g/mol. The standard InChI is InChI=1S/C20H20F5N3O5/c21-15-3-1-13(7-16(15)22)32-10-18(30)26-6-5-12(29)8-28-19(31)11-33-14-2-4-17(27-9-14)20(23,24)25/h1-4,7,9,12,29H,5-6,8,10-11H2,(H,26,30)(H,28,31). The molecule has 0 saturated carbocycles. The van der Waals surface area contributed by atoms with Gasteiger partial charge in [-0.25, -0.2) is 13.8 Å². The van der Waals surface area contributed by atoms with Gasteiger partial charge < -0.3 is 25.2 Å². The Labute approximate surface area is 184 Å². The lowest BCUT2D eigenvalue weighted by molar-refractivity contribution is -0.141. The van der Waals surface area contributed by atoms with Crippen LogP contribution in [0.4, 0.5) is 22.0 Å². The molecule has 0 fully saturated rings. The number of benzene rings is 1. The summed E-state index contributed by atoms with van der Waals surface area (Å²) in [5.74, 6) is -3.41. The van der Waals surface area contributed by atoms with Crippen LogP contribution in [-0.4, -0.2) is 54.3 Å². The molecule has 8 nitrogen and oxygen atoms in total. The highest BCUT2D eigenvalue weighted by Gasteiger charge is 2.32. The molecule has 0 aliphatic carbocycles. The van der Waals surface area contributed by atoms with Crippen molar-refractivity contribution in [2.75, 3.05) is 26.3 Å². The van der Waals surface area contributed by atoms with E-state index in [1.807, 2.05) is 0 Å². The molecule has 0 radical (unpaired) electrons. The van der Waals surface area contributed by atoms with E-state index in [0.717, 1.165) is 30.5 Å². The summed E-state index contributed by atoms with van der Waals surface area (Å²) >= 11 is 0. The zero-order chi connectivity index (χ0) is 24.4. The van der Waals surface area contributed by atoms with Crippen molar-refractivity contribution in [1.82, 2.24) is 15.6 Å². The van der Waals surface area contributed by atoms with Crippen LogP contribution >= 0.6 is 0 Å². The average Bonchev–Trinajstić information content (AvgIpc) is 2.76. The molecule has 1 heterocycles. The van der Waals surface area contributed by atoms with E-state index in [9.17, 15) is 36.6 Å². The number of alkyl halides is 3. The fraction of sp³-hybridized carbons (Fsp3) is 0.350. The molecule has 180 valence electrons. The Morgan fingerprint density at radius 3 is 2.21 bits per heavy atom. The van der Waals surface area contributed by atoms with E-state index in [1.54, 1.807) is 0 Å². The van der Waals surface area contributed by atoms with Gasteiger partial charge in [-0.3, -0.25) is 9.59 Å². The van der Waals surface area contributed by atoms with E-state index in [1.165, 1.54) is 0 Å². The zero-order valence-electron chi connectivity index (χ0n) is 17.0. The van der Waals surface area contributed by atoms with Gasteiger partial charge in [-0.15, -0.1) is 0 Å². The van der Waals surface area contributed by atoms with Crippen LogP contribution in [0.2, 0.25) is 0 Å². The van der Waals surface area contributed by atoms with Crippen molar-refractivity contribution >= 4 is 11.8 Å². The minimum Gasteiger partial charge on any atom is -0.484 e. The fourth-order valence-corrected chi connectivity index (χ4v) is 2.31. The number of carbonyl (C=O) groups excluding carboxylic acids is 2. The van der Waals surface area contributed by atoms with Crippen LogP contribution in [0.15, 0.2) is 36.5 Å². The van der Waals surface area contributed by atoms with E-state index in [4.69, 9.17) is 9.47 Å². The number of aliphatic hydroxyl groups is 1. The quantitative estimate of drug-likeness (QED) is 0.426. The summed E-state index contributed by atoms with van der Waals surface area (Å²) in [5, 5.41) is 14.6. The fourth-order valence-electron chi connectivity index (χ4n) is 2.31. The van der Waals surface area contributed by atoms with Crippen molar-refractivity contribution in [3.63, 3.8) is 0 Å². The van der Waals surface area contributed by atoms with E-state index in [-0.39, 0.29) is 31.0 Å². The highest BCUT2D eigenvalue weighted by atomic mass is 19.4. The topological polar surface area (TPSA) is 110 Å². The predicted molar refractivity (Wildman–Crippen MR) is 103 cm³/mol. The maximum Gasteiger partial charge on any atom is 0.433 e. The van der Waals surface area contributed by atoms with Crippen LogP contribution in [0.3, 0.4) is 0 Å². The number of amides is 2. The first-order valence-electron chi connectivity index (χ1n) is 9.50. The highest BCUT2D eigenvalue weighted by molar-refractivity contribution is 5.78. The maximum absolute atomic E-state index is 13.1. The third-order valence-corrected chi connectivity index (χ3v) is 3.99. The normalized spacial score (nSPS) is 12.1. The molecule has 1 unspecified atom stereocenters. The first-order chi connectivity index (χ1) is 15.5. The van der Waals surface area contributed by atoms with E-state index in [2.05, 4.69) is 15.6 Å². The Hall–Kier alpha value is -3.48. The Morgan fingerprint density at radius 2 is 1.61 bits per heavy atom. The molecule has 0 aliphatic rings. The molecule has 33 heavy (non-hydrogen) atoms. The maximum atomic E-state index is 13.1. The van der Waals surface area contributed by atoms with Crippen molar-refractivity contribution in [1.29, 1.82) is 0 Å². The van der Waals surface area contributed by atoms with Gasteiger partial charge in [0.05, 0.1) is 12.3 Å². The van der Waals surface area contributed by atoms with Gasteiger partial charge in [-0.05, 0) is 30.7 Å². The minimum absolute atomic E-state index is 0.0268. The van der Waals surface area contributed by atoms with E-state index in [0.29, 0.717) is 6.07 Å². The summed E-state index contributed by atoms with van der Waals surface area (Å²) in [6.07, 6.45) is -4.67. The molecular weight excluding hydrogens is 457 g/mol. The molecule has 1 aromatic carbocycles. The SMILES string of the molecule is O=C(COc1ccc(F)c(F)c1)NCCC(O)CNC(=O)COc1ccc(C(F)(F)F)nc1. The first-order valence-corrected chi connectivity index (χ1v) is 9.50. The van der Waals surface area contributed by atoms with Crippen LogP contribution in [0.25, 0.3) is 0 Å². The summed E-state index contributed by atoms with van der Waals surface area (Å²) in [6, 6.07) is 4.56. The molecule has 0 bridgehead atoms. The molecule has 0 aliphatic heterocycles. The molecular formula is C20H20F5N3O5. The molecule has 2 aromatic rings. The molecule has 2 rings (SSSR count). The van der Waals surface area contributed by atoms with Gasteiger partial charge in [-0.1, -0.05) is 0 Å². The molecule has 1 aromatic heterocycles. The van der Waals surface area contributed by atoms with Crippen molar-refractivity contribution < 1.29 is 46.1 Å². The second kappa shape index (κ2) is 11.9. The highest BCUT2D eigenvalue weighted by Crippen LogP contribution is 2.28. The summed E-state index contributed by atoms with van der Waals surface area (Å²) in [4.78, 5) is 26.6. The Kier molecular flexibility index (Phi) is 9.33. The van der Waals surface area contributed by atoms with Crippen molar-refractivity contribution in [2.45, 2.75) is 18.7 Å². The lowest BCUT2D eigenvalue weighted by Crippen LogP contribution is -2.37. The largest absolute Gasteiger partial charge is 0.484 e. The molecule has 3 N–H and O–H groups in total. The van der Waals surface area contributed by atoms with Crippen LogP contribution < -0.4 is 20.1 Å². The number of nitrogens with zero attached hydrogens (tertiary/aromatic N) is 1. The van der Waals surface area contributed by atoms with Gasteiger partial charge >= 0.3 is 6.18 Å². The van der Waals surface area contributed by atoms with Gasteiger partial charge in [0, 0.05) is 19.2 Å². The number of rotatable bonds is 11. The first kappa shape index (κ1) is 25.8. The number of hydrogen-bond acceptors (Lipinski definition) is 6. The number of nitrogens with one attached hydrogen (secondary N) is 2. The lowest BCUT2D eigenvalue weighted by atomic mass is 10.2. The van der Waals surface area contributed by atoms with Crippen molar-refractivity contribution in [2.24, 2.45) is 0 Å². The Bertz CT molecular complexity index is 941. The molecule has 13 heteroatoms. The third kappa shape index (κ3) is 9.27. The second-order valence-electron chi connectivity index (χ2n) is 6.63. The number of halogens is 5. The summed E-state index contributed by atoms with van der Waals surface area (Å²) in [6.45, 7) is -1.06. The predicted octanol–water partition coefficient (Wildman–Crippen LogP) is 1.82. The third-order valence-electron chi connectivity index (χ3n) is 3.99. The summed E-state index contributed by atoms with van der Waals surface area (Å²) in [7, 11) is 0. The van der Waals surface area contributed by atoms with Gasteiger partial charge in [0.25, 0.3) is 11.8 Å². The Morgan fingerprint density at radius 1 is 0.970 bits per heavy atom. The van der Waals surface area contributed by atoms with Gasteiger partial charge in [0.1, 0.15) is 17.2 Å². The monoisotopic (exact) mass is 477 g/mol. The molecule has 0 spiro atoms. The number of ether oxygens (including phenoxy) is 2. The number of pyridine rings is 1.